The first-order valence-corrected chi connectivity index (χ1v) is 4.67. The molecule has 2 atom stereocenters. The van der Waals surface area contributed by atoms with Crippen LogP contribution in [0.3, 0.4) is 0 Å². The summed E-state index contributed by atoms with van der Waals surface area (Å²) in [5.41, 5.74) is 4.50. The lowest BCUT2D eigenvalue weighted by Crippen LogP contribution is -2.46. The molecular formula is C8H18N2O2. The van der Waals surface area contributed by atoms with Crippen LogP contribution in [0.5, 0.6) is 0 Å². The molecule has 1 aliphatic carbocycles. The number of hydrogen-bond donors (Lipinski definition) is 4. The van der Waals surface area contributed by atoms with E-state index >= 15 is 0 Å². The molecule has 0 bridgehead atoms. The van der Waals surface area contributed by atoms with Crippen molar-refractivity contribution in [3.05, 3.63) is 0 Å². The highest BCUT2D eigenvalue weighted by Crippen LogP contribution is 2.17. The van der Waals surface area contributed by atoms with E-state index in [0.29, 0.717) is 0 Å². The smallest absolute Gasteiger partial charge is 0.0495 e. The molecule has 0 heterocycles. The van der Waals surface area contributed by atoms with Crippen LogP contribution >= 0.6 is 0 Å². The Balaban J connectivity index is 2.39. The van der Waals surface area contributed by atoms with Gasteiger partial charge in [-0.3, -0.25) is 0 Å². The average Bonchev–Trinajstić information content (AvgIpc) is 2.05. The molecule has 0 aromatic carbocycles. The fraction of sp³-hybridized carbons (Fsp3) is 1.00. The normalized spacial score (nSPS) is 32.5. The highest BCUT2D eigenvalue weighted by atomic mass is 16.5. The number of nitrogens with one attached hydrogen (secondary N) is 2. The molecule has 4 nitrogen and oxygen atoms in total. The van der Waals surface area contributed by atoms with Crippen molar-refractivity contribution in [1.82, 2.24) is 11.0 Å². The van der Waals surface area contributed by atoms with Crippen LogP contribution in [0.15, 0.2) is 0 Å². The number of rotatable bonds is 2. The van der Waals surface area contributed by atoms with E-state index in [0.717, 1.165) is 25.7 Å². The third kappa shape index (κ3) is 2.71. The van der Waals surface area contributed by atoms with Crippen LogP contribution in [-0.2, 0) is 0 Å². The van der Waals surface area contributed by atoms with Crippen molar-refractivity contribution in [2.75, 3.05) is 0 Å². The summed E-state index contributed by atoms with van der Waals surface area (Å²) in [6.45, 7) is 0. The minimum atomic E-state index is -0.00435. The van der Waals surface area contributed by atoms with E-state index in [2.05, 4.69) is 11.0 Å². The van der Waals surface area contributed by atoms with Crippen LogP contribution in [0.2, 0.25) is 0 Å². The molecular weight excluding hydrogens is 156 g/mol. The van der Waals surface area contributed by atoms with Gasteiger partial charge < -0.3 is 10.4 Å². The predicted molar refractivity (Wildman–Crippen MR) is 45.1 cm³/mol. The molecule has 1 fully saturated rings. The second kappa shape index (κ2) is 5.48. The van der Waals surface area contributed by atoms with Crippen molar-refractivity contribution in [2.24, 2.45) is 0 Å². The van der Waals surface area contributed by atoms with Gasteiger partial charge in [0.2, 0.25) is 0 Å². The average molecular weight is 174 g/mol. The topological polar surface area (TPSA) is 64.5 Å². The lowest BCUT2D eigenvalue weighted by molar-refractivity contribution is 0.0403. The second-order valence-electron chi connectivity index (χ2n) is 3.46. The fourth-order valence-corrected chi connectivity index (χ4v) is 1.79. The van der Waals surface area contributed by atoms with Gasteiger partial charge in [-0.25, -0.2) is 11.0 Å². The van der Waals surface area contributed by atoms with Crippen LogP contribution < -0.4 is 11.0 Å². The van der Waals surface area contributed by atoms with Gasteiger partial charge in [0.05, 0.1) is 0 Å². The minimum Gasteiger partial charge on any atom is -0.316 e. The molecule has 2 unspecified atom stereocenters. The van der Waals surface area contributed by atoms with Crippen molar-refractivity contribution in [2.45, 2.75) is 50.6 Å². The Labute approximate surface area is 72.9 Å². The minimum absolute atomic E-state index is 0.00435. The molecule has 0 aromatic heterocycles. The molecule has 12 heavy (non-hydrogen) atoms. The predicted octanol–water partition coefficient (Wildman–Crippen LogP) is 1.04. The first kappa shape index (κ1) is 9.92. The van der Waals surface area contributed by atoms with Gasteiger partial charge in [0, 0.05) is 12.1 Å². The molecule has 0 aliphatic heterocycles. The summed E-state index contributed by atoms with van der Waals surface area (Å²) in [5.74, 6) is 0. The fourth-order valence-electron chi connectivity index (χ4n) is 1.79. The van der Waals surface area contributed by atoms with E-state index in [1.165, 1.54) is 12.8 Å². The standard InChI is InChI=1S/C8H18N2O2/c11-9-7-5-3-1-2-4-6-8(7)10-12/h7-12H,1-6H2. The summed E-state index contributed by atoms with van der Waals surface area (Å²) < 4.78 is 0. The van der Waals surface area contributed by atoms with Gasteiger partial charge in [0.1, 0.15) is 0 Å². The van der Waals surface area contributed by atoms with E-state index < -0.39 is 0 Å². The van der Waals surface area contributed by atoms with Crippen LogP contribution in [0.4, 0.5) is 0 Å². The van der Waals surface area contributed by atoms with Crippen molar-refractivity contribution < 1.29 is 10.4 Å². The molecule has 4 heteroatoms. The Morgan fingerprint density at radius 3 is 1.50 bits per heavy atom. The van der Waals surface area contributed by atoms with Crippen molar-refractivity contribution >= 4 is 0 Å². The molecule has 0 radical (unpaired) electrons. The summed E-state index contributed by atoms with van der Waals surface area (Å²) >= 11 is 0. The van der Waals surface area contributed by atoms with E-state index in [4.69, 9.17) is 10.4 Å². The van der Waals surface area contributed by atoms with Crippen molar-refractivity contribution in [1.29, 1.82) is 0 Å². The van der Waals surface area contributed by atoms with Gasteiger partial charge in [-0.05, 0) is 12.8 Å². The van der Waals surface area contributed by atoms with Crippen LogP contribution in [0, 0.1) is 0 Å². The van der Waals surface area contributed by atoms with Crippen molar-refractivity contribution in [3.63, 3.8) is 0 Å². The third-order valence-electron chi connectivity index (χ3n) is 2.60. The van der Waals surface area contributed by atoms with Gasteiger partial charge >= 0.3 is 0 Å². The zero-order chi connectivity index (χ0) is 8.81. The van der Waals surface area contributed by atoms with Crippen LogP contribution in [0.1, 0.15) is 38.5 Å². The highest BCUT2D eigenvalue weighted by molar-refractivity contribution is 4.78. The number of hydrogen-bond acceptors (Lipinski definition) is 4. The molecule has 0 spiro atoms. The monoisotopic (exact) mass is 174 g/mol. The van der Waals surface area contributed by atoms with Gasteiger partial charge in [-0.1, -0.05) is 25.7 Å². The van der Waals surface area contributed by atoms with Gasteiger partial charge in [0.15, 0.2) is 0 Å². The summed E-state index contributed by atoms with van der Waals surface area (Å²) in [4.78, 5) is 0. The molecule has 0 saturated heterocycles. The van der Waals surface area contributed by atoms with Crippen LogP contribution in [0.25, 0.3) is 0 Å². The Morgan fingerprint density at radius 1 is 0.750 bits per heavy atom. The second-order valence-corrected chi connectivity index (χ2v) is 3.46. The van der Waals surface area contributed by atoms with E-state index in [1.54, 1.807) is 0 Å². The summed E-state index contributed by atoms with van der Waals surface area (Å²) in [6.07, 6.45) is 6.56. The third-order valence-corrected chi connectivity index (χ3v) is 2.60. The zero-order valence-corrected chi connectivity index (χ0v) is 7.29. The Morgan fingerprint density at radius 2 is 1.17 bits per heavy atom. The molecule has 72 valence electrons. The largest absolute Gasteiger partial charge is 0.316 e. The number of hydroxylamine groups is 2. The Kier molecular flexibility index (Phi) is 4.53. The summed E-state index contributed by atoms with van der Waals surface area (Å²) in [6, 6.07) is -0.00870. The molecule has 0 amide bonds. The lowest BCUT2D eigenvalue weighted by atomic mass is 9.93. The van der Waals surface area contributed by atoms with Crippen molar-refractivity contribution in [3.8, 4) is 0 Å². The molecule has 1 saturated carbocycles. The van der Waals surface area contributed by atoms with Gasteiger partial charge in [-0.15, -0.1) is 0 Å². The Bertz CT molecular complexity index is 108. The maximum Gasteiger partial charge on any atom is 0.0495 e. The Hall–Kier alpha value is -0.160. The molecule has 1 rings (SSSR count). The molecule has 1 aliphatic rings. The lowest BCUT2D eigenvalue weighted by Gasteiger charge is -2.26. The van der Waals surface area contributed by atoms with E-state index in [9.17, 15) is 0 Å². The SMILES string of the molecule is ONC1CCCCCCC1NO. The maximum absolute atomic E-state index is 8.81. The summed E-state index contributed by atoms with van der Waals surface area (Å²) in [5, 5.41) is 17.6. The quantitative estimate of drug-likeness (QED) is 0.472. The highest BCUT2D eigenvalue weighted by Gasteiger charge is 2.20. The van der Waals surface area contributed by atoms with Gasteiger partial charge in [-0.2, -0.15) is 0 Å². The zero-order valence-electron chi connectivity index (χ0n) is 7.29. The molecule has 4 N–H and O–H groups in total. The molecule has 0 aromatic rings. The van der Waals surface area contributed by atoms with Gasteiger partial charge in [0.25, 0.3) is 0 Å². The maximum atomic E-state index is 8.81. The van der Waals surface area contributed by atoms with E-state index in [-0.39, 0.29) is 12.1 Å². The van der Waals surface area contributed by atoms with E-state index in [1.807, 2.05) is 0 Å². The first-order chi connectivity index (χ1) is 5.88. The first-order valence-electron chi connectivity index (χ1n) is 4.67. The summed E-state index contributed by atoms with van der Waals surface area (Å²) in [7, 11) is 0. The van der Waals surface area contributed by atoms with Crippen LogP contribution in [-0.4, -0.2) is 22.5 Å².